The molecule has 0 amide bonds. The van der Waals surface area contributed by atoms with Crippen LogP contribution in [0.4, 0.5) is 0 Å². The van der Waals surface area contributed by atoms with Gasteiger partial charge < -0.3 is 14.6 Å². The molecule has 1 aliphatic heterocycles. The molecule has 0 aromatic carbocycles. The van der Waals surface area contributed by atoms with E-state index in [1.54, 1.807) is 0 Å². The number of ether oxygens (including phenoxy) is 2. The third-order valence-electron chi connectivity index (χ3n) is 8.72. The third-order valence-corrected chi connectivity index (χ3v) is 8.72. The van der Waals surface area contributed by atoms with Gasteiger partial charge in [-0.3, -0.25) is 4.79 Å². The molecule has 5 rings (SSSR count). The number of aliphatic hydroxyl groups is 1. The van der Waals surface area contributed by atoms with Gasteiger partial charge in [-0.15, -0.1) is 0 Å². The molecule has 1 saturated heterocycles. The maximum Gasteiger partial charge on any atom is 0.174 e. The van der Waals surface area contributed by atoms with E-state index < -0.39 is 5.79 Å². The van der Waals surface area contributed by atoms with Crippen molar-refractivity contribution < 1.29 is 19.4 Å². The fraction of sp³-hybridized carbons (Fsp3) is 0.870. The molecule has 4 aliphatic carbocycles. The van der Waals surface area contributed by atoms with E-state index in [9.17, 15) is 9.90 Å². The average Bonchev–Trinajstić information content (AvgIpc) is 3.25. The predicted octanol–water partition coefficient (Wildman–Crippen LogP) is 4.26. The van der Waals surface area contributed by atoms with E-state index in [2.05, 4.69) is 13.8 Å². The Morgan fingerprint density at radius 2 is 1.67 bits per heavy atom. The van der Waals surface area contributed by atoms with Crippen molar-refractivity contribution in [2.24, 2.45) is 28.6 Å². The molecule has 0 bridgehead atoms. The van der Waals surface area contributed by atoms with Crippen molar-refractivity contribution in [3.05, 3.63) is 11.6 Å². The van der Waals surface area contributed by atoms with Crippen LogP contribution in [0, 0.1) is 28.6 Å². The van der Waals surface area contributed by atoms with Gasteiger partial charge in [0, 0.05) is 17.8 Å². The molecule has 6 unspecified atom stereocenters. The van der Waals surface area contributed by atoms with Crippen LogP contribution < -0.4 is 0 Å². The van der Waals surface area contributed by atoms with Gasteiger partial charge in [0.05, 0.1) is 19.3 Å². The molecule has 0 aromatic rings. The minimum absolute atomic E-state index is 0.0454. The van der Waals surface area contributed by atoms with Crippen molar-refractivity contribution >= 4 is 5.78 Å². The van der Waals surface area contributed by atoms with Crippen LogP contribution in [0.2, 0.25) is 0 Å². The summed E-state index contributed by atoms with van der Waals surface area (Å²) in [7, 11) is 0. The number of fused-ring (bicyclic) bond motifs is 6. The number of rotatable bonds is 0. The lowest BCUT2D eigenvalue weighted by atomic mass is 9.47. The Kier molecular flexibility index (Phi) is 4.84. The van der Waals surface area contributed by atoms with E-state index in [4.69, 9.17) is 9.47 Å². The van der Waals surface area contributed by atoms with E-state index in [-0.39, 0.29) is 22.9 Å². The van der Waals surface area contributed by atoms with E-state index in [0.29, 0.717) is 37.3 Å². The lowest BCUT2D eigenvalue weighted by Crippen LogP contribution is -2.57. The van der Waals surface area contributed by atoms with Gasteiger partial charge in [-0.05, 0) is 61.9 Å². The van der Waals surface area contributed by atoms with E-state index in [0.717, 1.165) is 38.5 Å². The quantitative estimate of drug-likeness (QED) is 0.686. The summed E-state index contributed by atoms with van der Waals surface area (Å²) in [5, 5.41) is 10.1. The predicted molar refractivity (Wildman–Crippen MR) is 104 cm³/mol. The SMILES string of the molecule is CC.CC12CCC(O)CC1=CC(=O)C1C2CCC2(C)C1CCC21OCCO1. The van der Waals surface area contributed by atoms with Crippen molar-refractivity contribution in [3.63, 3.8) is 0 Å². The molecule has 1 spiro atoms. The monoisotopic (exact) mass is 376 g/mol. The maximum absolute atomic E-state index is 13.2. The number of hydrogen-bond acceptors (Lipinski definition) is 4. The number of carbonyl (C=O) groups is 1. The summed E-state index contributed by atoms with van der Waals surface area (Å²) in [5.41, 5.74) is 1.25. The van der Waals surface area contributed by atoms with Crippen LogP contribution in [-0.4, -0.2) is 36.0 Å². The van der Waals surface area contributed by atoms with Gasteiger partial charge in [0.1, 0.15) is 0 Å². The second-order valence-electron chi connectivity index (χ2n) is 9.57. The smallest absolute Gasteiger partial charge is 0.174 e. The van der Waals surface area contributed by atoms with Crippen LogP contribution in [0.5, 0.6) is 0 Å². The molecule has 1 heterocycles. The van der Waals surface area contributed by atoms with Crippen molar-refractivity contribution in [1.82, 2.24) is 0 Å². The van der Waals surface area contributed by atoms with Crippen molar-refractivity contribution in [2.45, 2.75) is 84.5 Å². The summed E-state index contributed by atoms with van der Waals surface area (Å²) < 4.78 is 12.3. The molecule has 3 saturated carbocycles. The summed E-state index contributed by atoms with van der Waals surface area (Å²) in [5.74, 6) is 0.740. The van der Waals surface area contributed by atoms with Gasteiger partial charge in [-0.2, -0.15) is 0 Å². The number of carbonyl (C=O) groups excluding carboxylic acids is 1. The average molecular weight is 377 g/mol. The Morgan fingerprint density at radius 3 is 2.37 bits per heavy atom. The molecule has 4 fully saturated rings. The molecule has 6 atom stereocenters. The number of aliphatic hydroxyl groups excluding tert-OH is 1. The molecular weight excluding hydrogens is 340 g/mol. The van der Waals surface area contributed by atoms with Crippen LogP contribution in [0.25, 0.3) is 0 Å². The second-order valence-corrected chi connectivity index (χ2v) is 9.57. The Balaban J connectivity index is 0.000000872. The van der Waals surface area contributed by atoms with Crippen LogP contribution in [0.1, 0.15) is 72.6 Å². The summed E-state index contributed by atoms with van der Waals surface area (Å²) >= 11 is 0. The van der Waals surface area contributed by atoms with Crippen molar-refractivity contribution in [3.8, 4) is 0 Å². The minimum Gasteiger partial charge on any atom is -0.393 e. The Labute approximate surface area is 163 Å². The van der Waals surface area contributed by atoms with Gasteiger partial charge in [-0.25, -0.2) is 0 Å². The van der Waals surface area contributed by atoms with Crippen molar-refractivity contribution in [1.29, 1.82) is 0 Å². The first kappa shape index (κ1) is 19.6. The lowest BCUT2D eigenvalue weighted by molar-refractivity contribution is -0.240. The standard InChI is InChI=1S/C21H30O4.C2H6/c1-19-6-3-14(22)11-13(19)12-17(23)18-15(19)4-7-20(2)16(18)5-8-21(20)24-9-10-25-21;1-2/h12,14-16,18,22H,3-11H2,1-2H3;1-2H3. The summed E-state index contributed by atoms with van der Waals surface area (Å²) in [6.45, 7) is 10.0. The highest BCUT2D eigenvalue weighted by atomic mass is 16.7. The van der Waals surface area contributed by atoms with Crippen LogP contribution in [0.15, 0.2) is 11.6 Å². The molecule has 4 nitrogen and oxygen atoms in total. The van der Waals surface area contributed by atoms with Gasteiger partial charge in [0.15, 0.2) is 11.6 Å². The zero-order valence-corrected chi connectivity index (χ0v) is 17.4. The summed E-state index contributed by atoms with van der Waals surface area (Å²) in [4.78, 5) is 13.2. The van der Waals surface area contributed by atoms with E-state index in [1.807, 2.05) is 19.9 Å². The van der Waals surface area contributed by atoms with Gasteiger partial charge in [0.2, 0.25) is 0 Å². The Bertz CT molecular complexity index is 634. The molecule has 0 aromatic heterocycles. The first-order chi connectivity index (χ1) is 12.9. The van der Waals surface area contributed by atoms with Crippen molar-refractivity contribution in [2.75, 3.05) is 13.2 Å². The lowest BCUT2D eigenvalue weighted by Gasteiger charge is -2.57. The number of ketones is 1. The first-order valence-electron chi connectivity index (χ1n) is 11.1. The highest BCUT2D eigenvalue weighted by Crippen LogP contribution is 2.67. The van der Waals surface area contributed by atoms with E-state index >= 15 is 0 Å². The molecule has 4 heteroatoms. The zero-order valence-electron chi connectivity index (χ0n) is 17.4. The second kappa shape index (κ2) is 6.67. The maximum atomic E-state index is 13.2. The largest absolute Gasteiger partial charge is 0.393 e. The normalized spacial score (nSPS) is 47.4. The molecule has 152 valence electrons. The minimum atomic E-state index is -0.448. The molecular formula is C23H36O4. The summed E-state index contributed by atoms with van der Waals surface area (Å²) in [6, 6.07) is 0. The van der Waals surface area contributed by atoms with Crippen LogP contribution >= 0.6 is 0 Å². The third kappa shape index (κ3) is 2.55. The number of hydrogen-bond donors (Lipinski definition) is 1. The number of allylic oxidation sites excluding steroid dienone is 1. The topological polar surface area (TPSA) is 55.8 Å². The Morgan fingerprint density at radius 1 is 1.00 bits per heavy atom. The van der Waals surface area contributed by atoms with Crippen LogP contribution in [-0.2, 0) is 14.3 Å². The molecule has 0 radical (unpaired) electrons. The van der Waals surface area contributed by atoms with Gasteiger partial charge in [0.25, 0.3) is 0 Å². The molecule has 5 aliphatic rings. The van der Waals surface area contributed by atoms with E-state index in [1.165, 1.54) is 5.57 Å². The highest BCUT2D eigenvalue weighted by Gasteiger charge is 2.67. The molecule has 1 N–H and O–H groups in total. The highest BCUT2D eigenvalue weighted by molar-refractivity contribution is 5.94. The van der Waals surface area contributed by atoms with Gasteiger partial charge >= 0.3 is 0 Å². The fourth-order valence-corrected chi connectivity index (χ4v) is 7.27. The summed E-state index contributed by atoms with van der Waals surface area (Å²) in [6.07, 6.45) is 8.31. The zero-order chi connectivity index (χ0) is 19.4. The fourth-order valence-electron chi connectivity index (χ4n) is 7.27. The Hall–Kier alpha value is -0.710. The van der Waals surface area contributed by atoms with Gasteiger partial charge in [-0.1, -0.05) is 33.3 Å². The van der Waals surface area contributed by atoms with Crippen LogP contribution in [0.3, 0.4) is 0 Å². The first-order valence-corrected chi connectivity index (χ1v) is 11.1. The molecule has 27 heavy (non-hydrogen) atoms.